The SMILES string of the molecule is COc1cc(C(C)NC(=O)CN(C)S(=O)(=O)c2ccc(C)cc2)ccc1OCC(C)C. The minimum absolute atomic E-state index is 0.156. The van der Waals surface area contributed by atoms with E-state index in [0.717, 1.165) is 15.4 Å². The van der Waals surface area contributed by atoms with Gasteiger partial charge in [-0.05, 0) is 49.6 Å². The van der Waals surface area contributed by atoms with Crippen LogP contribution in [-0.4, -0.2) is 45.9 Å². The smallest absolute Gasteiger partial charge is 0.243 e. The topological polar surface area (TPSA) is 84.9 Å². The molecule has 0 saturated carbocycles. The lowest BCUT2D eigenvalue weighted by molar-refractivity contribution is -0.121. The number of aryl methyl sites for hydroxylation is 1. The molecule has 0 aliphatic carbocycles. The fourth-order valence-electron chi connectivity index (χ4n) is 2.88. The summed E-state index contributed by atoms with van der Waals surface area (Å²) in [5, 5.41) is 2.84. The van der Waals surface area contributed by atoms with Gasteiger partial charge in [-0.1, -0.05) is 37.6 Å². The first-order chi connectivity index (χ1) is 14.5. The standard InChI is InChI=1S/C23H32N2O5S/c1-16(2)15-30-21-12-9-19(13-22(21)29-6)18(4)24-23(26)14-25(5)31(27,28)20-10-7-17(3)8-11-20/h7-13,16,18H,14-15H2,1-6H3,(H,24,26). The fraction of sp³-hybridized carbons (Fsp3) is 0.435. The van der Waals surface area contributed by atoms with Crippen LogP contribution in [0.4, 0.5) is 0 Å². The van der Waals surface area contributed by atoms with Gasteiger partial charge in [-0.2, -0.15) is 4.31 Å². The Kier molecular flexibility index (Phi) is 8.47. The van der Waals surface area contributed by atoms with Crippen LogP contribution in [0, 0.1) is 12.8 Å². The van der Waals surface area contributed by atoms with Gasteiger partial charge < -0.3 is 14.8 Å². The number of benzene rings is 2. The van der Waals surface area contributed by atoms with Crippen LogP contribution in [0.25, 0.3) is 0 Å². The van der Waals surface area contributed by atoms with Gasteiger partial charge in [0.05, 0.1) is 31.2 Å². The normalized spacial score (nSPS) is 12.6. The molecule has 0 aliphatic rings. The van der Waals surface area contributed by atoms with E-state index in [4.69, 9.17) is 9.47 Å². The molecule has 8 heteroatoms. The summed E-state index contributed by atoms with van der Waals surface area (Å²) in [4.78, 5) is 12.7. The third kappa shape index (κ3) is 6.70. The molecule has 0 aromatic heterocycles. The molecule has 1 N–H and O–H groups in total. The summed E-state index contributed by atoms with van der Waals surface area (Å²) >= 11 is 0. The van der Waals surface area contributed by atoms with E-state index in [0.29, 0.717) is 24.0 Å². The van der Waals surface area contributed by atoms with E-state index in [9.17, 15) is 13.2 Å². The van der Waals surface area contributed by atoms with Gasteiger partial charge in [0.1, 0.15) is 0 Å². The molecular weight excluding hydrogens is 416 g/mol. The first-order valence-corrected chi connectivity index (χ1v) is 11.6. The molecule has 2 rings (SSSR count). The van der Waals surface area contributed by atoms with Crippen molar-refractivity contribution < 1.29 is 22.7 Å². The largest absolute Gasteiger partial charge is 0.493 e. The lowest BCUT2D eigenvalue weighted by Crippen LogP contribution is -2.39. The Hall–Kier alpha value is -2.58. The van der Waals surface area contributed by atoms with Crippen LogP contribution >= 0.6 is 0 Å². The third-order valence-electron chi connectivity index (χ3n) is 4.73. The van der Waals surface area contributed by atoms with Gasteiger partial charge in [-0.3, -0.25) is 4.79 Å². The highest BCUT2D eigenvalue weighted by Crippen LogP contribution is 2.30. The molecule has 1 amide bonds. The lowest BCUT2D eigenvalue weighted by atomic mass is 10.1. The summed E-state index contributed by atoms with van der Waals surface area (Å²) in [6, 6.07) is 11.7. The van der Waals surface area contributed by atoms with Crippen LogP contribution in [-0.2, 0) is 14.8 Å². The van der Waals surface area contributed by atoms with Crippen molar-refractivity contribution in [2.75, 3.05) is 27.3 Å². The Labute approximate surface area is 185 Å². The number of methoxy groups -OCH3 is 1. The molecule has 1 atom stereocenters. The molecule has 2 aromatic rings. The van der Waals surface area contributed by atoms with E-state index >= 15 is 0 Å². The van der Waals surface area contributed by atoms with E-state index in [1.54, 1.807) is 19.2 Å². The van der Waals surface area contributed by atoms with E-state index in [-0.39, 0.29) is 17.5 Å². The average Bonchev–Trinajstić information content (AvgIpc) is 2.72. The number of hydrogen-bond donors (Lipinski definition) is 1. The Morgan fingerprint density at radius 1 is 1.06 bits per heavy atom. The minimum Gasteiger partial charge on any atom is -0.493 e. The third-order valence-corrected chi connectivity index (χ3v) is 6.55. The summed E-state index contributed by atoms with van der Waals surface area (Å²) in [5.74, 6) is 1.21. The van der Waals surface area contributed by atoms with Crippen LogP contribution in [0.2, 0.25) is 0 Å². The molecule has 0 spiro atoms. The summed E-state index contributed by atoms with van der Waals surface area (Å²) in [6.45, 7) is 8.13. The van der Waals surface area contributed by atoms with Gasteiger partial charge in [-0.15, -0.1) is 0 Å². The van der Waals surface area contributed by atoms with E-state index in [1.165, 1.54) is 19.2 Å². The Morgan fingerprint density at radius 2 is 1.71 bits per heavy atom. The maximum Gasteiger partial charge on any atom is 0.243 e. The second kappa shape index (κ2) is 10.6. The summed E-state index contributed by atoms with van der Waals surface area (Å²) < 4.78 is 37.6. The zero-order valence-electron chi connectivity index (χ0n) is 19.0. The Bertz CT molecular complexity index is 988. The van der Waals surface area contributed by atoms with Crippen molar-refractivity contribution in [1.82, 2.24) is 9.62 Å². The first kappa shape index (κ1) is 24.7. The molecule has 31 heavy (non-hydrogen) atoms. The number of sulfonamides is 1. The number of hydrogen-bond acceptors (Lipinski definition) is 5. The highest BCUT2D eigenvalue weighted by atomic mass is 32.2. The number of carbonyl (C=O) groups excluding carboxylic acids is 1. The molecule has 0 saturated heterocycles. The summed E-state index contributed by atoms with van der Waals surface area (Å²) in [5.41, 5.74) is 1.79. The van der Waals surface area contributed by atoms with E-state index in [2.05, 4.69) is 19.2 Å². The number of nitrogens with zero attached hydrogens (tertiary/aromatic N) is 1. The number of rotatable bonds is 10. The first-order valence-electron chi connectivity index (χ1n) is 10.2. The molecule has 0 fully saturated rings. The van der Waals surface area contributed by atoms with Crippen LogP contribution < -0.4 is 14.8 Å². The maximum atomic E-state index is 12.7. The van der Waals surface area contributed by atoms with Crippen LogP contribution in [0.5, 0.6) is 11.5 Å². The minimum atomic E-state index is -3.74. The monoisotopic (exact) mass is 448 g/mol. The number of carbonyl (C=O) groups is 1. The predicted molar refractivity (Wildman–Crippen MR) is 121 cm³/mol. The van der Waals surface area contributed by atoms with Crippen LogP contribution in [0.1, 0.15) is 37.9 Å². The molecular formula is C23H32N2O5S. The van der Waals surface area contributed by atoms with Gasteiger partial charge in [0, 0.05) is 7.05 Å². The summed E-state index contributed by atoms with van der Waals surface area (Å²) in [6.07, 6.45) is 0. The molecule has 170 valence electrons. The number of nitrogens with one attached hydrogen (secondary N) is 1. The molecule has 0 bridgehead atoms. The predicted octanol–water partition coefficient (Wildman–Crippen LogP) is 3.54. The average molecular weight is 449 g/mol. The Balaban J connectivity index is 2.03. The maximum absolute atomic E-state index is 12.7. The second-order valence-electron chi connectivity index (χ2n) is 7.98. The van der Waals surface area contributed by atoms with Crippen molar-refractivity contribution in [3.05, 3.63) is 53.6 Å². The van der Waals surface area contributed by atoms with Crippen molar-refractivity contribution in [3.8, 4) is 11.5 Å². The zero-order valence-corrected chi connectivity index (χ0v) is 19.8. The molecule has 0 radical (unpaired) electrons. The molecule has 2 aromatic carbocycles. The van der Waals surface area contributed by atoms with Crippen LogP contribution in [0.15, 0.2) is 47.4 Å². The van der Waals surface area contributed by atoms with Crippen molar-refractivity contribution in [3.63, 3.8) is 0 Å². The molecule has 0 aliphatic heterocycles. The number of ether oxygens (including phenoxy) is 2. The summed E-state index contributed by atoms with van der Waals surface area (Å²) in [7, 11) is -0.788. The van der Waals surface area contributed by atoms with Gasteiger partial charge in [0.2, 0.25) is 15.9 Å². The zero-order chi connectivity index (χ0) is 23.2. The van der Waals surface area contributed by atoms with Gasteiger partial charge in [-0.25, -0.2) is 8.42 Å². The van der Waals surface area contributed by atoms with Crippen molar-refractivity contribution in [1.29, 1.82) is 0 Å². The highest BCUT2D eigenvalue weighted by molar-refractivity contribution is 7.89. The quantitative estimate of drug-likeness (QED) is 0.601. The van der Waals surface area contributed by atoms with Crippen molar-refractivity contribution in [2.45, 2.75) is 38.6 Å². The van der Waals surface area contributed by atoms with Gasteiger partial charge in [0.15, 0.2) is 11.5 Å². The molecule has 7 nitrogen and oxygen atoms in total. The van der Waals surface area contributed by atoms with Gasteiger partial charge >= 0.3 is 0 Å². The number of likely N-dealkylation sites (N-methyl/N-ethyl adjacent to an activating group) is 1. The molecule has 0 heterocycles. The molecule has 1 unspecified atom stereocenters. The fourth-order valence-corrected chi connectivity index (χ4v) is 4.00. The van der Waals surface area contributed by atoms with Crippen molar-refractivity contribution >= 4 is 15.9 Å². The second-order valence-corrected chi connectivity index (χ2v) is 10.0. The van der Waals surface area contributed by atoms with Crippen LogP contribution in [0.3, 0.4) is 0 Å². The highest BCUT2D eigenvalue weighted by Gasteiger charge is 2.23. The number of amides is 1. The lowest BCUT2D eigenvalue weighted by Gasteiger charge is -2.20. The van der Waals surface area contributed by atoms with Crippen molar-refractivity contribution in [2.24, 2.45) is 5.92 Å². The Morgan fingerprint density at radius 3 is 2.29 bits per heavy atom. The van der Waals surface area contributed by atoms with Gasteiger partial charge in [0.25, 0.3) is 0 Å². The van der Waals surface area contributed by atoms with E-state index in [1.807, 2.05) is 32.0 Å². The van der Waals surface area contributed by atoms with E-state index < -0.39 is 15.9 Å².